The first-order valence-electron chi connectivity index (χ1n) is 10.6. The molecule has 0 spiro atoms. The molecule has 2 aromatic heterocycles. The minimum absolute atomic E-state index is 0.106. The van der Waals surface area contributed by atoms with Crippen LogP contribution in [0.4, 0.5) is 0 Å². The minimum Gasteiger partial charge on any atom is -0.376 e. The third kappa shape index (κ3) is 4.13. The van der Waals surface area contributed by atoms with Crippen LogP contribution in [0.25, 0.3) is 0 Å². The van der Waals surface area contributed by atoms with Gasteiger partial charge in [0.1, 0.15) is 0 Å². The van der Waals surface area contributed by atoms with E-state index >= 15 is 0 Å². The van der Waals surface area contributed by atoms with Gasteiger partial charge >= 0.3 is 0 Å². The molecule has 0 radical (unpaired) electrons. The largest absolute Gasteiger partial charge is 0.376 e. The Morgan fingerprint density at radius 2 is 1.69 bits per heavy atom. The summed E-state index contributed by atoms with van der Waals surface area (Å²) in [6.07, 6.45) is 1.68. The summed E-state index contributed by atoms with van der Waals surface area (Å²) in [6, 6.07) is 12.8. The highest BCUT2D eigenvalue weighted by atomic mass is 32.1. The number of benzene rings is 1. The number of ether oxygens (including phenoxy) is 1. The predicted octanol–water partition coefficient (Wildman–Crippen LogP) is 4.43. The van der Waals surface area contributed by atoms with Crippen molar-refractivity contribution in [2.24, 2.45) is 0 Å². The summed E-state index contributed by atoms with van der Waals surface area (Å²) in [6.45, 7) is 1.91. The van der Waals surface area contributed by atoms with Crippen LogP contribution in [-0.4, -0.2) is 46.8 Å². The second-order valence-electron chi connectivity index (χ2n) is 7.94. The van der Waals surface area contributed by atoms with Crippen molar-refractivity contribution in [3.8, 4) is 0 Å². The maximum absolute atomic E-state index is 13.5. The van der Waals surface area contributed by atoms with Gasteiger partial charge in [-0.05, 0) is 53.9 Å². The summed E-state index contributed by atoms with van der Waals surface area (Å²) in [7, 11) is 0. The van der Waals surface area contributed by atoms with Gasteiger partial charge in [-0.25, -0.2) is 0 Å². The quantitative estimate of drug-likeness (QED) is 0.483. The number of hydrogen-bond donors (Lipinski definition) is 0. The van der Waals surface area contributed by atoms with E-state index in [2.05, 4.69) is 0 Å². The zero-order chi connectivity index (χ0) is 22.1. The van der Waals surface area contributed by atoms with Gasteiger partial charge in [0, 0.05) is 21.9 Å². The molecule has 0 N–H and O–H groups in total. The number of carbonyl (C=O) groups is 3. The van der Waals surface area contributed by atoms with Crippen molar-refractivity contribution in [3.05, 3.63) is 79.7 Å². The predicted molar refractivity (Wildman–Crippen MR) is 123 cm³/mol. The van der Waals surface area contributed by atoms with Gasteiger partial charge in [0.2, 0.25) is 0 Å². The van der Waals surface area contributed by atoms with E-state index in [4.69, 9.17) is 4.74 Å². The van der Waals surface area contributed by atoms with Crippen LogP contribution in [0.5, 0.6) is 0 Å². The fourth-order valence-corrected chi connectivity index (χ4v) is 5.58. The molecular formula is C24H22N2O4S2. The SMILES string of the molecule is O=C(c1ccc2c(c1)C(=O)N(CC1CCCO1)C2=O)N(Cc1cccs1)Cc1cccs1. The fourth-order valence-electron chi connectivity index (χ4n) is 4.14. The molecule has 2 aliphatic heterocycles. The molecule has 32 heavy (non-hydrogen) atoms. The molecule has 1 unspecified atom stereocenters. The van der Waals surface area contributed by atoms with Crippen LogP contribution in [0.1, 0.15) is 53.7 Å². The van der Waals surface area contributed by atoms with Crippen molar-refractivity contribution in [2.75, 3.05) is 13.2 Å². The fraction of sp³-hybridized carbons (Fsp3) is 0.292. The van der Waals surface area contributed by atoms with Gasteiger partial charge in [0.25, 0.3) is 17.7 Å². The molecule has 0 saturated carbocycles. The van der Waals surface area contributed by atoms with Crippen molar-refractivity contribution >= 4 is 40.4 Å². The van der Waals surface area contributed by atoms with Crippen molar-refractivity contribution in [1.82, 2.24) is 9.80 Å². The molecule has 6 nitrogen and oxygen atoms in total. The van der Waals surface area contributed by atoms with Crippen LogP contribution < -0.4 is 0 Å². The van der Waals surface area contributed by atoms with Crippen LogP contribution in [-0.2, 0) is 17.8 Å². The summed E-state index contributed by atoms with van der Waals surface area (Å²) in [5.74, 6) is -0.820. The molecule has 1 aromatic carbocycles. The molecule has 5 rings (SSSR count). The van der Waals surface area contributed by atoms with E-state index < -0.39 is 0 Å². The van der Waals surface area contributed by atoms with Crippen molar-refractivity contribution in [1.29, 1.82) is 0 Å². The van der Waals surface area contributed by atoms with Gasteiger partial charge in [-0.15, -0.1) is 22.7 Å². The number of imide groups is 1. The second-order valence-corrected chi connectivity index (χ2v) is 10.0. The lowest BCUT2D eigenvalue weighted by Crippen LogP contribution is -2.36. The molecule has 164 valence electrons. The molecule has 0 bridgehead atoms. The van der Waals surface area contributed by atoms with Crippen LogP contribution >= 0.6 is 22.7 Å². The summed E-state index contributed by atoms with van der Waals surface area (Å²) < 4.78 is 5.60. The topological polar surface area (TPSA) is 66.9 Å². The Bertz CT molecular complexity index is 1100. The van der Waals surface area contributed by atoms with Gasteiger partial charge in [-0.2, -0.15) is 0 Å². The standard InChI is InChI=1S/C24H22N2O4S2/c27-22(25(14-18-5-2-10-31-18)15-19-6-3-11-32-19)16-7-8-20-21(12-16)24(29)26(23(20)28)13-17-4-1-9-30-17/h2-3,5-8,10-12,17H,1,4,9,13-15H2. The summed E-state index contributed by atoms with van der Waals surface area (Å²) in [5, 5.41) is 3.98. The smallest absolute Gasteiger partial charge is 0.261 e. The number of thiophene rings is 2. The van der Waals surface area contributed by atoms with Crippen LogP contribution in [0, 0.1) is 0 Å². The third-order valence-electron chi connectivity index (χ3n) is 5.77. The molecular weight excluding hydrogens is 444 g/mol. The third-order valence-corrected chi connectivity index (χ3v) is 7.49. The van der Waals surface area contributed by atoms with E-state index in [0.717, 1.165) is 22.6 Å². The van der Waals surface area contributed by atoms with Gasteiger partial charge in [0.15, 0.2) is 0 Å². The molecule has 1 fully saturated rings. The summed E-state index contributed by atoms with van der Waals surface area (Å²) in [5.41, 5.74) is 1.07. The Morgan fingerprint density at radius 1 is 1.00 bits per heavy atom. The first-order chi connectivity index (χ1) is 15.6. The zero-order valence-electron chi connectivity index (χ0n) is 17.4. The lowest BCUT2D eigenvalue weighted by atomic mass is 10.0. The number of rotatable bonds is 7. The molecule has 8 heteroatoms. The van der Waals surface area contributed by atoms with Gasteiger partial charge in [-0.3, -0.25) is 19.3 Å². The van der Waals surface area contributed by atoms with E-state index in [1.54, 1.807) is 45.8 Å². The van der Waals surface area contributed by atoms with Gasteiger partial charge in [-0.1, -0.05) is 12.1 Å². The lowest BCUT2D eigenvalue weighted by molar-refractivity contribution is 0.0475. The maximum Gasteiger partial charge on any atom is 0.261 e. The highest BCUT2D eigenvalue weighted by Crippen LogP contribution is 2.27. The highest BCUT2D eigenvalue weighted by molar-refractivity contribution is 7.10. The summed E-state index contributed by atoms with van der Waals surface area (Å²) in [4.78, 5) is 44.4. The number of amides is 3. The number of nitrogens with zero attached hydrogens (tertiary/aromatic N) is 2. The van der Waals surface area contributed by atoms with Crippen molar-refractivity contribution in [2.45, 2.75) is 32.0 Å². The molecule has 2 aliphatic rings. The normalized spacial score (nSPS) is 17.8. The Kier molecular flexibility index (Phi) is 5.91. The van der Waals surface area contributed by atoms with E-state index in [9.17, 15) is 14.4 Å². The number of carbonyl (C=O) groups excluding carboxylic acids is 3. The number of fused-ring (bicyclic) bond motifs is 1. The molecule has 1 atom stereocenters. The monoisotopic (exact) mass is 466 g/mol. The van der Waals surface area contributed by atoms with Crippen molar-refractivity contribution in [3.63, 3.8) is 0 Å². The highest BCUT2D eigenvalue weighted by Gasteiger charge is 2.38. The average molecular weight is 467 g/mol. The van der Waals surface area contributed by atoms with Gasteiger partial charge < -0.3 is 9.64 Å². The van der Waals surface area contributed by atoms with E-state index in [0.29, 0.717) is 36.4 Å². The molecule has 1 saturated heterocycles. The Labute approximate surface area is 194 Å². The molecule has 3 amide bonds. The first kappa shape index (κ1) is 21.1. The lowest BCUT2D eigenvalue weighted by Gasteiger charge is -2.22. The van der Waals surface area contributed by atoms with Gasteiger partial charge in [0.05, 0.1) is 36.9 Å². The van der Waals surface area contributed by atoms with E-state index in [1.165, 1.54) is 4.90 Å². The maximum atomic E-state index is 13.5. The molecule has 3 aromatic rings. The van der Waals surface area contributed by atoms with Crippen LogP contribution in [0.15, 0.2) is 53.2 Å². The molecule has 0 aliphatic carbocycles. The zero-order valence-corrected chi connectivity index (χ0v) is 19.0. The Balaban J connectivity index is 1.39. The van der Waals surface area contributed by atoms with Crippen molar-refractivity contribution < 1.29 is 19.1 Å². The van der Waals surface area contributed by atoms with Crippen LogP contribution in [0.2, 0.25) is 0 Å². The average Bonchev–Trinajstić information content (AvgIpc) is 3.61. The second kappa shape index (κ2) is 8.97. The Morgan fingerprint density at radius 3 is 2.28 bits per heavy atom. The van der Waals surface area contributed by atoms with Crippen LogP contribution in [0.3, 0.4) is 0 Å². The Hall–Kier alpha value is -2.81. The van der Waals surface area contributed by atoms with E-state index in [1.807, 2.05) is 35.0 Å². The minimum atomic E-state index is -0.349. The van der Waals surface area contributed by atoms with E-state index in [-0.39, 0.29) is 30.4 Å². The summed E-state index contributed by atoms with van der Waals surface area (Å²) >= 11 is 3.21. The number of hydrogen-bond acceptors (Lipinski definition) is 6. The first-order valence-corrected chi connectivity index (χ1v) is 12.3. The molecule has 4 heterocycles.